The summed E-state index contributed by atoms with van der Waals surface area (Å²) in [4.78, 5) is 12.9. The molecule has 3 heteroatoms. The van der Waals surface area contributed by atoms with Gasteiger partial charge < -0.3 is 9.64 Å². The van der Waals surface area contributed by atoms with Crippen molar-refractivity contribution in [2.75, 3.05) is 19.7 Å². The number of hydrogen-bond acceptors (Lipinski definition) is 2. The third-order valence-corrected chi connectivity index (χ3v) is 2.28. The van der Waals surface area contributed by atoms with E-state index in [9.17, 15) is 4.79 Å². The van der Waals surface area contributed by atoms with E-state index in [0.29, 0.717) is 0 Å². The Hall–Kier alpha value is -0.570. The molecule has 1 atom stereocenters. The first kappa shape index (κ1) is 9.52. The zero-order valence-electron chi connectivity index (χ0n) is 7.88. The molecule has 0 aromatic heterocycles. The van der Waals surface area contributed by atoms with Gasteiger partial charge in [0, 0.05) is 26.6 Å². The Labute approximate surface area is 73.7 Å². The summed E-state index contributed by atoms with van der Waals surface area (Å²) in [6, 6.07) is 0. The fraction of sp³-hybridized carbons (Fsp3) is 0.889. The Morgan fingerprint density at radius 3 is 2.83 bits per heavy atom. The standard InChI is InChI=1S/C9H17NO2/c1-3-10(8(2)11)7-9-5-4-6-12-9/h9H,3-7H2,1-2H3. The normalized spacial score (nSPS) is 22.7. The van der Waals surface area contributed by atoms with Gasteiger partial charge in [-0.05, 0) is 19.8 Å². The number of rotatable bonds is 3. The summed E-state index contributed by atoms with van der Waals surface area (Å²) >= 11 is 0. The van der Waals surface area contributed by atoms with Crippen molar-refractivity contribution in [2.24, 2.45) is 0 Å². The van der Waals surface area contributed by atoms with Crippen molar-refractivity contribution in [1.29, 1.82) is 0 Å². The van der Waals surface area contributed by atoms with Crippen LogP contribution < -0.4 is 0 Å². The molecule has 1 unspecified atom stereocenters. The summed E-state index contributed by atoms with van der Waals surface area (Å²) in [5, 5.41) is 0. The van der Waals surface area contributed by atoms with Crippen LogP contribution in [-0.4, -0.2) is 36.6 Å². The molecule has 12 heavy (non-hydrogen) atoms. The molecule has 0 aromatic rings. The Bertz CT molecular complexity index is 153. The molecule has 1 amide bonds. The van der Waals surface area contributed by atoms with Gasteiger partial charge in [0.1, 0.15) is 0 Å². The highest BCUT2D eigenvalue weighted by Gasteiger charge is 2.19. The number of carbonyl (C=O) groups excluding carboxylic acids is 1. The minimum absolute atomic E-state index is 0.146. The molecule has 0 saturated carbocycles. The van der Waals surface area contributed by atoms with Crippen LogP contribution in [0.3, 0.4) is 0 Å². The molecule has 1 saturated heterocycles. The molecule has 0 N–H and O–H groups in total. The van der Waals surface area contributed by atoms with Gasteiger partial charge in [-0.25, -0.2) is 0 Å². The summed E-state index contributed by atoms with van der Waals surface area (Å²) < 4.78 is 5.44. The summed E-state index contributed by atoms with van der Waals surface area (Å²) in [5.74, 6) is 0.146. The van der Waals surface area contributed by atoms with E-state index in [1.165, 1.54) is 0 Å². The third-order valence-electron chi connectivity index (χ3n) is 2.28. The SMILES string of the molecule is CCN(CC1CCCO1)C(C)=O. The fourth-order valence-electron chi connectivity index (χ4n) is 1.51. The van der Waals surface area contributed by atoms with E-state index in [2.05, 4.69) is 0 Å². The molecule has 3 nitrogen and oxygen atoms in total. The van der Waals surface area contributed by atoms with Crippen LogP contribution in [0.4, 0.5) is 0 Å². The molecule has 1 fully saturated rings. The zero-order valence-corrected chi connectivity index (χ0v) is 7.88. The monoisotopic (exact) mass is 171 g/mol. The Balaban J connectivity index is 2.30. The molecular weight excluding hydrogens is 154 g/mol. The Kier molecular flexibility index (Phi) is 3.53. The first-order valence-corrected chi connectivity index (χ1v) is 4.61. The number of ether oxygens (including phenoxy) is 1. The van der Waals surface area contributed by atoms with Gasteiger partial charge in [0.25, 0.3) is 0 Å². The second-order valence-corrected chi connectivity index (χ2v) is 3.19. The van der Waals surface area contributed by atoms with Gasteiger partial charge in [0.15, 0.2) is 0 Å². The van der Waals surface area contributed by atoms with Gasteiger partial charge in [-0.3, -0.25) is 4.79 Å². The van der Waals surface area contributed by atoms with Crippen LogP contribution in [0, 0.1) is 0 Å². The third kappa shape index (κ3) is 2.48. The van der Waals surface area contributed by atoms with Crippen LogP contribution in [0.2, 0.25) is 0 Å². The van der Waals surface area contributed by atoms with Crippen molar-refractivity contribution in [3.63, 3.8) is 0 Å². The van der Waals surface area contributed by atoms with Crippen molar-refractivity contribution in [1.82, 2.24) is 4.90 Å². The smallest absolute Gasteiger partial charge is 0.219 e. The molecule has 0 aromatic carbocycles. The number of nitrogens with zero attached hydrogens (tertiary/aromatic N) is 1. The van der Waals surface area contributed by atoms with E-state index in [1.807, 2.05) is 11.8 Å². The first-order valence-electron chi connectivity index (χ1n) is 4.61. The van der Waals surface area contributed by atoms with Crippen LogP contribution in [0.1, 0.15) is 26.7 Å². The summed E-state index contributed by atoms with van der Waals surface area (Å²) in [7, 11) is 0. The van der Waals surface area contributed by atoms with Gasteiger partial charge in [0.05, 0.1) is 6.10 Å². The van der Waals surface area contributed by atoms with Gasteiger partial charge >= 0.3 is 0 Å². The quantitative estimate of drug-likeness (QED) is 0.635. The number of carbonyl (C=O) groups is 1. The molecule has 1 aliphatic rings. The molecule has 1 rings (SSSR count). The van der Waals surface area contributed by atoms with E-state index in [0.717, 1.165) is 32.5 Å². The highest BCUT2D eigenvalue weighted by Crippen LogP contribution is 2.13. The predicted octanol–water partition coefficient (Wildman–Crippen LogP) is 1.03. The van der Waals surface area contributed by atoms with E-state index in [1.54, 1.807) is 6.92 Å². The zero-order chi connectivity index (χ0) is 8.97. The van der Waals surface area contributed by atoms with Crippen molar-refractivity contribution >= 4 is 5.91 Å². The molecule has 0 radical (unpaired) electrons. The molecule has 0 spiro atoms. The molecular formula is C9H17NO2. The van der Waals surface area contributed by atoms with Gasteiger partial charge in [-0.1, -0.05) is 0 Å². The van der Waals surface area contributed by atoms with Crippen molar-refractivity contribution < 1.29 is 9.53 Å². The molecule has 1 aliphatic heterocycles. The maximum absolute atomic E-state index is 11.0. The Morgan fingerprint density at radius 1 is 1.67 bits per heavy atom. The van der Waals surface area contributed by atoms with E-state index in [-0.39, 0.29) is 12.0 Å². The molecule has 0 bridgehead atoms. The van der Waals surface area contributed by atoms with E-state index < -0.39 is 0 Å². The van der Waals surface area contributed by atoms with E-state index in [4.69, 9.17) is 4.74 Å². The maximum Gasteiger partial charge on any atom is 0.219 e. The van der Waals surface area contributed by atoms with E-state index >= 15 is 0 Å². The van der Waals surface area contributed by atoms with Crippen molar-refractivity contribution in [3.05, 3.63) is 0 Å². The van der Waals surface area contributed by atoms with Crippen molar-refractivity contribution in [2.45, 2.75) is 32.8 Å². The summed E-state index contributed by atoms with van der Waals surface area (Å²) in [5.41, 5.74) is 0. The second-order valence-electron chi connectivity index (χ2n) is 3.19. The second kappa shape index (κ2) is 4.45. The topological polar surface area (TPSA) is 29.5 Å². The molecule has 1 heterocycles. The highest BCUT2D eigenvalue weighted by atomic mass is 16.5. The lowest BCUT2D eigenvalue weighted by molar-refractivity contribution is -0.130. The molecule has 70 valence electrons. The van der Waals surface area contributed by atoms with Gasteiger partial charge in [0.2, 0.25) is 5.91 Å². The number of likely N-dealkylation sites (N-methyl/N-ethyl adjacent to an activating group) is 1. The largest absolute Gasteiger partial charge is 0.376 e. The van der Waals surface area contributed by atoms with Crippen LogP contribution in [0.15, 0.2) is 0 Å². The predicted molar refractivity (Wildman–Crippen MR) is 46.9 cm³/mol. The van der Waals surface area contributed by atoms with Crippen LogP contribution in [0.5, 0.6) is 0 Å². The lowest BCUT2D eigenvalue weighted by atomic mass is 10.2. The van der Waals surface area contributed by atoms with Gasteiger partial charge in [-0.15, -0.1) is 0 Å². The number of amides is 1. The van der Waals surface area contributed by atoms with Crippen LogP contribution >= 0.6 is 0 Å². The number of hydrogen-bond donors (Lipinski definition) is 0. The average molecular weight is 171 g/mol. The fourth-order valence-corrected chi connectivity index (χ4v) is 1.51. The van der Waals surface area contributed by atoms with Crippen molar-refractivity contribution in [3.8, 4) is 0 Å². The lowest BCUT2D eigenvalue weighted by Crippen LogP contribution is -2.35. The minimum Gasteiger partial charge on any atom is -0.376 e. The van der Waals surface area contributed by atoms with Crippen LogP contribution in [-0.2, 0) is 9.53 Å². The molecule has 0 aliphatic carbocycles. The lowest BCUT2D eigenvalue weighted by Gasteiger charge is -2.22. The Morgan fingerprint density at radius 2 is 2.42 bits per heavy atom. The van der Waals surface area contributed by atoms with Crippen LogP contribution in [0.25, 0.3) is 0 Å². The first-order chi connectivity index (χ1) is 5.74. The minimum atomic E-state index is 0.146. The summed E-state index contributed by atoms with van der Waals surface area (Å²) in [6.45, 7) is 6.02. The highest BCUT2D eigenvalue weighted by molar-refractivity contribution is 5.73. The maximum atomic E-state index is 11.0. The summed E-state index contributed by atoms with van der Waals surface area (Å²) in [6.07, 6.45) is 2.53. The average Bonchev–Trinajstić information content (AvgIpc) is 2.51. The van der Waals surface area contributed by atoms with Gasteiger partial charge in [-0.2, -0.15) is 0 Å².